The first-order valence-electron chi connectivity index (χ1n) is 12.0. The second-order valence-electron chi connectivity index (χ2n) is 8.34. The molecule has 39 heavy (non-hydrogen) atoms. The van der Waals surface area contributed by atoms with E-state index < -0.39 is 11.5 Å². The standard InChI is InChI=1S/C29H30N2O8/c1-7-39-22-15-20-19(14-21(22)34-2)25(16-12-23(35-3)27(37-5)24(13-16)36-4)26(29(33)38-6)31(28(20)32)18-10-8-17(30)9-11-18/h8-15H,7,30H2,1-6H3. The Morgan fingerprint density at radius 3 is 1.90 bits per heavy atom. The molecule has 0 amide bonds. The van der Waals surface area contributed by atoms with Crippen molar-refractivity contribution in [3.8, 4) is 45.6 Å². The molecule has 0 atom stereocenters. The van der Waals surface area contributed by atoms with Gasteiger partial charge >= 0.3 is 5.97 Å². The summed E-state index contributed by atoms with van der Waals surface area (Å²) in [6.07, 6.45) is 0. The SMILES string of the molecule is CCOc1cc2c(=O)n(-c3ccc(N)cc3)c(C(=O)OC)c(-c3cc(OC)c(OC)c(OC)c3)c2cc1OC. The normalized spacial score (nSPS) is 10.7. The third-order valence-corrected chi connectivity index (χ3v) is 6.25. The molecule has 1 heterocycles. The minimum absolute atomic E-state index is 0.0137. The van der Waals surface area contributed by atoms with Gasteiger partial charge < -0.3 is 34.2 Å². The van der Waals surface area contributed by atoms with E-state index >= 15 is 0 Å². The second-order valence-corrected chi connectivity index (χ2v) is 8.34. The van der Waals surface area contributed by atoms with Gasteiger partial charge in [-0.15, -0.1) is 0 Å². The first kappa shape index (κ1) is 27.2. The molecule has 2 N–H and O–H groups in total. The van der Waals surface area contributed by atoms with Crippen LogP contribution in [0.15, 0.2) is 53.3 Å². The average molecular weight is 535 g/mol. The summed E-state index contributed by atoms with van der Waals surface area (Å²) in [4.78, 5) is 27.6. The molecule has 0 radical (unpaired) electrons. The monoisotopic (exact) mass is 534 g/mol. The Bertz CT molecular complexity index is 1570. The zero-order valence-corrected chi connectivity index (χ0v) is 22.6. The molecule has 0 bridgehead atoms. The molecule has 0 saturated heterocycles. The van der Waals surface area contributed by atoms with Crippen LogP contribution in [0.5, 0.6) is 28.7 Å². The molecular weight excluding hydrogens is 504 g/mol. The Kier molecular flexibility index (Phi) is 7.85. The van der Waals surface area contributed by atoms with Gasteiger partial charge in [0.15, 0.2) is 23.0 Å². The van der Waals surface area contributed by atoms with E-state index in [0.29, 0.717) is 63.2 Å². The van der Waals surface area contributed by atoms with E-state index in [1.807, 2.05) is 6.92 Å². The summed E-state index contributed by atoms with van der Waals surface area (Å²) in [5.74, 6) is 1.13. The summed E-state index contributed by atoms with van der Waals surface area (Å²) < 4.78 is 34.5. The van der Waals surface area contributed by atoms with Gasteiger partial charge in [-0.1, -0.05) is 0 Å². The fourth-order valence-electron chi connectivity index (χ4n) is 4.51. The van der Waals surface area contributed by atoms with E-state index in [2.05, 4.69) is 0 Å². The minimum Gasteiger partial charge on any atom is -0.493 e. The summed E-state index contributed by atoms with van der Waals surface area (Å²) in [7, 11) is 7.23. The number of benzene rings is 3. The van der Waals surface area contributed by atoms with Crippen molar-refractivity contribution in [2.45, 2.75) is 6.92 Å². The predicted molar refractivity (Wildman–Crippen MR) is 148 cm³/mol. The quantitative estimate of drug-likeness (QED) is 0.245. The van der Waals surface area contributed by atoms with Crippen LogP contribution in [-0.2, 0) is 4.74 Å². The number of carbonyl (C=O) groups excluding carboxylic acids is 1. The number of fused-ring (bicyclic) bond motifs is 1. The van der Waals surface area contributed by atoms with E-state index in [9.17, 15) is 9.59 Å². The van der Waals surface area contributed by atoms with Crippen LogP contribution >= 0.6 is 0 Å². The highest BCUT2D eigenvalue weighted by atomic mass is 16.5. The maximum Gasteiger partial charge on any atom is 0.355 e. The molecule has 0 aliphatic rings. The van der Waals surface area contributed by atoms with Crippen LogP contribution in [0.1, 0.15) is 17.4 Å². The summed E-state index contributed by atoms with van der Waals surface area (Å²) in [6.45, 7) is 2.19. The van der Waals surface area contributed by atoms with Crippen molar-refractivity contribution in [1.82, 2.24) is 4.57 Å². The minimum atomic E-state index is -0.734. The molecule has 3 aromatic carbocycles. The van der Waals surface area contributed by atoms with E-state index in [0.717, 1.165) is 0 Å². The van der Waals surface area contributed by atoms with Gasteiger partial charge in [0.2, 0.25) is 5.75 Å². The van der Waals surface area contributed by atoms with Gasteiger partial charge in [0.25, 0.3) is 5.56 Å². The van der Waals surface area contributed by atoms with Gasteiger partial charge in [-0.25, -0.2) is 4.79 Å². The number of carbonyl (C=O) groups is 1. The zero-order chi connectivity index (χ0) is 28.3. The number of hydrogen-bond donors (Lipinski definition) is 1. The van der Waals surface area contributed by atoms with Crippen molar-refractivity contribution in [3.05, 3.63) is 64.6 Å². The number of nitrogens with two attached hydrogens (primary N) is 1. The highest BCUT2D eigenvalue weighted by molar-refractivity contribution is 6.08. The number of nitrogens with zero attached hydrogens (tertiary/aromatic N) is 1. The number of aromatic nitrogens is 1. The predicted octanol–water partition coefficient (Wildman–Crippen LogP) is 4.46. The van der Waals surface area contributed by atoms with E-state index in [1.165, 1.54) is 40.1 Å². The molecule has 4 aromatic rings. The topological polar surface area (TPSA) is 120 Å². The number of methoxy groups -OCH3 is 5. The molecule has 0 spiro atoms. The number of pyridine rings is 1. The molecule has 0 fully saturated rings. The molecule has 4 rings (SSSR count). The van der Waals surface area contributed by atoms with Crippen LogP contribution in [0.25, 0.3) is 27.6 Å². The molecule has 0 unspecified atom stereocenters. The number of esters is 1. The Balaban J connectivity index is 2.29. The number of ether oxygens (including phenoxy) is 6. The Labute approximate surface area is 225 Å². The maximum atomic E-state index is 14.1. The van der Waals surface area contributed by atoms with E-state index in [1.54, 1.807) is 48.5 Å². The van der Waals surface area contributed by atoms with Crippen molar-refractivity contribution in [1.29, 1.82) is 0 Å². The van der Waals surface area contributed by atoms with Gasteiger partial charge in [0.1, 0.15) is 5.69 Å². The van der Waals surface area contributed by atoms with Gasteiger partial charge in [0, 0.05) is 22.3 Å². The molecule has 10 nitrogen and oxygen atoms in total. The number of anilines is 1. The van der Waals surface area contributed by atoms with Crippen LogP contribution in [0.4, 0.5) is 5.69 Å². The van der Waals surface area contributed by atoms with Crippen molar-refractivity contribution in [2.75, 3.05) is 47.9 Å². The summed E-state index contributed by atoms with van der Waals surface area (Å²) >= 11 is 0. The summed E-state index contributed by atoms with van der Waals surface area (Å²) in [5.41, 5.74) is 7.23. The van der Waals surface area contributed by atoms with Gasteiger partial charge in [0.05, 0.1) is 47.5 Å². The third-order valence-electron chi connectivity index (χ3n) is 6.25. The van der Waals surface area contributed by atoms with E-state index in [-0.39, 0.29) is 11.1 Å². The van der Waals surface area contributed by atoms with Crippen LogP contribution in [0, 0.1) is 0 Å². The lowest BCUT2D eigenvalue weighted by Crippen LogP contribution is -2.27. The van der Waals surface area contributed by atoms with Crippen molar-refractivity contribution in [3.63, 3.8) is 0 Å². The Morgan fingerprint density at radius 2 is 1.38 bits per heavy atom. The maximum absolute atomic E-state index is 14.1. The number of rotatable bonds is 9. The molecule has 0 aliphatic carbocycles. The van der Waals surface area contributed by atoms with Crippen LogP contribution < -0.4 is 35.0 Å². The molecule has 1 aromatic heterocycles. The molecule has 0 aliphatic heterocycles. The Hall–Kier alpha value is -4.86. The first-order valence-corrected chi connectivity index (χ1v) is 12.0. The smallest absolute Gasteiger partial charge is 0.355 e. The molecular formula is C29H30N2O8. The molecule has 0 saturated carbocycles. The van der Waals surface area contributed by atoms with Crippen LogP contribution in [0.3, 0.4) is 0 Å². The molecule has 10 heteroatoms. The highest BCUT2D eigenvalue weighted by Gasteiger charge is 2.28. The summed E-state index contributed by atoms with van der Waals surface area (Å²) in [6, 6.07) is 13.3. The second kappa shape index (κ2) is 11.3. The summed E-state index contributed by atoms with van der Waals surface area (Å²) in [5, 5.41) is 0.717. The lowest BCUT2D eigenvalue weighted by Gasteiger charge is -2.21. The van der Waals surface area contributed by atoms with Crippen LogP contribution in [-0.4, -0.2) is 52.7 Å². The fourth-order valence-corrected chi connectivity index (χ4v) is 4.51. The number of nitrogen functional groups attached to an aromatic ring is 1. The first-order chi connectivity index (χ1) is 18.8. The lowest BCUT2D eigenvalue weighted by atomic mass is 9.95. The number of hydrogen-bond acceptors (Lipinski definition) is 9. The lowest BCUT2D eigenvalue weighted by molar-refractivity contribution is 0.0591. The largest absolute Gasteiger partial charge is 0.493 e. The Morgan fingerprint density at radius 1 is 0.795 bits per heavy atom. The van der Waals surface area contributed by atoms with E-state index in [4.69, 9.17) is 34.2 Å². The van der Waals surface area contributed by atoms with Gasteiger partial charge in [-0.2, -0.15) is 0 Å². The van der Waals surface area contributed by atoms with Crippen molar-refractivity contribution < 1.29 is 33.2 Å². The fraction of sp³-hybridized carbons (Fsp3) is 0.241. The average Bonchev–Trinajstić information content (AvgIpc) is 2.96. The van der Waals surface area contributed by atoms with Gasteiger partial charge in [-0.05, 0) is 61.0 Å². The zero-order valence-electron chi connectivity index (χ0n) is 22.6. The van der Waals surface area contributed by atoms with Crippen molar-refractivity contribution in [2.24, 2.45) is 0 Å². The van der Waals surface area contributed by atoms with Gasteiger partial charge in [-0.3, -0.25) is 9.36 Å². The van der Waals surface area contributed by atoms with Crippen LogP contribution in [0.2, 0.25) is 0 Å². The third kappa shape index (κ3) is 4.76. The highest BCUT2D eigenvalue weighted by Crippen LogP contribution is 2.45. The molecule has 204 valence electrons. The van der Waals surface area contributed by atoms with Crippen molar-refractivity contribution >= 4 is 22.4 Å².